The van der Waals surface area contributed by atoms with Gasteiger partial charge in [-0.05, 0) is 0 Å². The molecule has 1 aromatic heterocycles. The van der Waals surface area contributed by atoms with E-state index in [1.807, 2.05) is 0 Å². The highest BCUT2D eigenvalue weighted by atomic mass is 16.5. The smallest absolute Gasteiger partial charge is 0.329 e. The van der Waals surface area contributed by atoms with E-state index in [9.17, 15) is 9.59 Å². The van der Waals surface area contributed by atoms with Crippen LogP contribution in [0.25, 0.3) is 0 Å². The van der Waals surface area contributed by atoms with Crippen LogP contribution in [0.15, 0.2) is 12.4 Å². The average molecular weight is 228 g/mol. The quantitative estimate of drug-likeness (QED) is 0.550. The van der Waals surface area contributed by atoms with Gasteiger partial charge in [0.25, 0.3) is 0 Å². The number of amides is 1. The molecule has 0 bridgehead atoms. The van der Waals surface area contributed by atoms with Gasteiger partial charge < -0.3 is 15.2 Å². The Hall–Kier alpha value is -1.96. The molecule has 0 aliphatic carbocycles. The van der Waals surface area contributed by atoms with E-state index in [4.69, 9.17) is 9.84 Å². The van der Waals surface area contributed by atoms with Gasteiger partial charge in [0.1, 0.15) is 13.2 Å². The number of nitrogens with one attached hydrogen (secondary N) is 1. The number of hydrogen-bond acceptors (Lipinski definition) is 5. The zero-order chi connectivity index (χ0) is 11.8. The van der Waals surface area contributed by atoms with E-state index < -0.39 is 5.97 Å². The van der Waals surface area contributed by atoms with Crippen molar-refractivity contribution in [2.24, 2.45) is 0 Å². The van der Waals surface area contributed by atoms with Crippen molar-refractivity contribution in [2.75, 3.05) is 19.8 Å². The largest absolute Gasteiger partial charge is 0.480 e. The van der Waals surface area contributed by atoms with Crippen LogP contribution in [0.4, 0.5) is 0 Å². The normalized spacial score (nSPS) is 10.0. The predicted octanol–water partition coefficient (Wildman–Crippen LogP) is -1.50. The van der Waals surface area contributed by atoms with E-state index in [0.29, 0.717) is 0 Å². The molecule has 88 valence electrons. The second-order valence-corrected chi connectivity index (χ2v) is 2.90. The maximum absolute atomic E-state index is 11.2. The molecule has 0 aliphatic heterocycles. The molecule has 1 rings (SSSR count). The molecule has 8 heteroatoms. The van der Waals surface area contributed by atoms with Crippen LogP contribution in [-0.2, 0) is 20.9 Å². The lowest BCUT2D eigenvalue weighted by molar-refractivity contribution is -0.142. The summed E-state index contributed by atoms with van der Waals surface area (Å²) in [6.07, 6.45) is 3.05. The van der Waals surface area contributed by atoms with Gasteiger partial charge in [0.05, 0.1) is 12.8 Å². The third-order valence-electron chi connectivity index (χ3n) is 1.57. The third-order valence-corrected chi connectivity index (χ3v) is 1.57. The molecule has 1 amide bonds. The molecule has 0 unspecified atom stereocenters. The lowest BCUT2D eigenvalue weighted by atomic mass is 10.5. The minimum atomic E-state index is -1.03. The molecule has 0 saturated heterocycles. The van der Waals surface area contributed by atoms with E-state index in [2.05, 4.69) is 15.6 Å². The van der Waals surface area contributed by atoms with Crippen molar-refractivity contribution < 1.29 is 19.4 Å². The average Bonchev–Trinajstić information content (AvgIpc) is 2.69. The molecule has 0 fully saturated rings. The summed E-state index contributed by atoms with van der Waals surface area (Å²) in [7, 11) is 0. The Kier molecular flexibility index (Phi) is 4.93. The van der Waals surface area contributed by atoms with Crippen LogP contribution in [0.3, 0.4) is 0 Å². The number of aromatic nitrogens is 3. The Morgan fingerprint density at radius 2 is 2.31 bits per heavy atom. The molecule has 0 aromatic carbocycles. The minimum absolute atomic E-state index is 0.0823. The highest BCUT2D eigenvalue weighted by Crippen LogP contribution is 1.81. The molecule has 0 spiro atoms. The number of carboxylic acids is 1. The summed E-state index contributed by atoms with van der Waals surface area (Å²) in [5.41, 5.74) is 0. The predicted molar refractivity (Wildman–Crippen MR) is 51.5 cm³/mol. The summed E-state index contributed by atoms with van der Waals surface area (Å²) in [6.45, 7) is 0.147. The number of carbonyl (C=O) groups excluding carboxylic acids is 1. The van der Waals surface area contributed by atoms with E-state index in [-0.39, 0.29) is 32.2 Å². The second kappa shape index (κ2) is 6.51. The molecule has 1 aromatic rings. The minimum Gasteiger partial charge on any atom is -0.480 e. The van der Waals surface area contributed by atoms with Crippen LogP contribution >= 0.6 is 0 Å². The summed E-state index contributed by atoms with van der Waals surface area (Å²) in [6, 6.07) is 0. The van der Waals surface area contributed by atoms with Crippen LogP contribution in [-0.4, -0.2) is 51.7 Å². The second-order valence-electron chi connectivity index (χ2n) is 2.90. The first-order valence-corrected chi connectivity index (χ1v) is 4.59. The lowest BCUT2D eigenvalue weighted by Gasteiger charge is -2.04. The summed E-state index contributed by atoms with van der Waals surface area (Å²) < 4.78 is 6.11. The zero-order valence-electron chi connectivity index (χ0n) is 8.50. The molecule has 1 heterocycles. The third kappa shape index (κ3) is 5.05. The Labute approximate surface area is 91.2 Å². The van der Waals surface area contributed by atoms with E-state index >= 15 is 0 Å². The molecule has 0 aliphatic rings. The maximum Gasteiger partial charge on any atom is 0.329 e. The monoisotopic (exact) mass is 228 g/mol. The van der Waals surface area contributed by atoms with Crippen LogP contribution in [0.1, 0.15) is 0 Å². The van der Waals surface area contributed by atoms with Gasteiger partial charge in [0, 0.05) is 12.7 Å². The summed E-state index contributed by atoms with van der Waals surface area (Å²) in [5, 5.41) is 18.0. The number of rotatable bonds is 7. The number of carboxylic acid groups (broad SMARTS) is 1. The van der Waals surface area contributed by atoms with Gasteiger partial charge in [0.2, 0.25) is 5.91 Å². The van der Waals surface area contributed by atoms with Crippen LogP contribution in [0.5, 0.6) is 0 Å². The van der Waals surface area contributed by atoms with E-state index in [1.165, 1.54) is 10.9 Å². The van der Waals surface area contributed by atoms with Gasteiger partial charge in [-0.25, -0.2) is 9.48 Å². The van der Waals surface area contributed by atoms with Crippen molar-refractivity contribution in [3.05, 3.63) is 12.4 Å². The van der Waals surface area contributed by atoms with Crippen molar-refractivity contribution in [3.63, 3.8) is 0 Å². The van der Waals surface area contributed by atoms with Crippen LogP contribution in [0, 0.1) is 0 Å². The van der Waals surface area contributed by atoms with Gasteiger partial charge in [-0.15, -0.1) is 5.10 Å². The molecule has 0 radical (unpaired) electrons. The summed E-state index contributed by atoms with van der Waals surface area (Å²) in [5.74, 6) is -1.27. The number of carbonyl (C=O) groups is 2. The zero-order valence-corrected chi connectivity index (χ0v) is 8.50. The number of hydrogen-bond donors (Lipinski definition) is 2. The molecule has 2 N–H and O–H groups in total. The van der Waals surface area contributed by atoms with E-state index in [0.717, 1.165) is 0 Å². The number of ether oxygens (including phenoxy) is 1. The topological polar surface area (TPSA) is 106 Å². The molecule has 0 atom stereocenters. The fourth-order valence-corrected chi connectivity index (χ4v) is 0.942. The Morgan fingerprint density at radius 3 is 2.94 bits per heavy atom. The van der Waals surface area contributed by atoms with Crippen molar-refractivity contribution >= 4 is 11.9 Å². The highest BCUT2D eigenvalue weighted by Gasteiger charge is 2.02. The standard InChI is InChI=1S/C8H12N4O4/c13-7(5-12-3-1-10-11-12)9-2-4-16-6-8(14)15/h1,3H,2,4-6H2,(H,9,13)(H,14,15). The van der Waals surface area contributed by atoms with Crippen molar-refractivity contribution in [1.82, 2.24) is 20.3 Å². The number of nitrogens with zero attached hydrogens (tertiary/aromatic N) is 3. The van der Waals surface area contributed by atoms with Gasteiger partial charge in [-0.2, -0.15) is 0 Å². The lowest BCUT2D eigenvalue weighted by Crippen LogP contribution is -2.31. The van der Waals surface area contributed by atoms with Crippen molar-refractivity contribution in [3.8, 4) is 0 Å². The van der Waals surface area contributed by atoms with Gasteiger partial charge in [0.15, 0.2) is 0 Å². The Morgan fingerprint density at radius 1 is 1.50 bits per heavy atom. The first-order valence-electron chi connectivity index (χ1n) is 4.59. The Balaban J connectivity index is 2.05. The van der Waals surface area contributed by atoms with Crippen LogP contribution in [0.2, 0.25) is 0 Å². The van der Waals surface area contributed by atoms with Crippen molar-refractivity contribution in [2.45, 2.75) is 6.54 Å². The van der Waals surface area contributed by atoms with Gasteiger partial charge in [-0.1, -0.05) is 5.21 Å². The molecule has 16 heavy (non-hydrogen) atoms. The first-order chi connectivity index (χ1) is 7.68. The van der Waals surface area contributed by atoms with Crippen LogP contribution < -0.4 is 5.32 Å². The Bertz CT molecular complexity index is 338. The van der Waals surface area contributed by atoms with Gasteiger partial charge >= 0.3 is 5.97 Å². The number of aliphatic carboxylic acids is 1. The highest BCUT2D eigenvalue weighted by molar-refractivity contribution is 5.75. The van der Waals surface area contributed by atoms with E-state index in [1.54, 1.807) is 6.20 Å². The fourth-order valence-electron chi connectivity index (χ4n) is 0.942. The SMILES string of the molecule is O=C(O)COCCNC(=O)Cn1ccnn1. The summed E-state index contributed by atoms with van der Waals surface area (Å²) >= 11 is 0. The first kappa shape index (κ1) is 12.1. The van der Waals surface area contributed by atoms with Gasteiger partial charge in [-0.3, -0.25) is 4.79 Å². The molecule has 0 saturated carbocycles. The molecular formula is C8H12N4O4. The summed E-state index contributed by atoms with van der Waals surface area (Å²) in [4.78, 5) is 21.3. The maximum atomic E-state index is 11.2. The molecular weight excluding hydrogens is 216 g/mol. The fraction of sp³-hybridized carbons (Fsp3) is 0.500. The van der Waals surface area contributed by atoms with Crippen molar-refractivity contribution in [1.29, 1.82) is 0 Å². The molecule has 8 nitrogen and oxygen atoms in total.